The number of benzene rings is 3. The molecular formula is C29H20N2O4. The molecule has 1 aromatic heterocycles. The molecule has 0 aliphatic carbocycles. The molecule has 2 fully saturated rings. The highest BCUT2D eigenvalue weighted by Crippen LogP contribution is 2.53. The van der Waals surface area contributed by atoms with E-state index < -0.39 is 23.9 Å². The fraction of sp³-hybridized carbons (Fsp3) is 0.138. The molecule has 0 unspecified atom stereocenters. The molecular weight excluding hydrogens is 440 g/mol. The van der Waals surface area contributed by atoms with Gasteiger partial charge < -0.3 is 9.32 Å². The van der Waals surface area contributed by atoms with Gasteiger partial charge in [0.05, 0.1) is 29.8 Å². The van der Waals surface area contributed by atoms with Gasteiger partial charge in [0.2, 0.25) is 17.6 Å². The zero-order valence-electron chi connectivity index (χ0n) is 18.6. The maximum Gasteiger partial charge on any atom is 0.240 e. The van der Waals surface area contributed by atoms with Crippen molar-refractivity contribution < 1.29 is 18.8 Å². The molecule has 170 valence electrons. The first kappa shape index (κ1) is 20.0. The summed E-state index contributed by atoms with van der Waals surface area (Å²) in [5, 5.41) is 1.97. The van der Waals surface area contributed by atoms with Gasteiger partial charge in [-0.15, -0.1) is 0 Å². The van der Waals surface area contributed by atoms with Crippen LogP contribution in [0.4, 0.5) is 5.69 Å². The van der Waals surface area contributed by atoms with Gasteiger partial charge in [-0.05, 0) is 52.2 Å². The molecule has 35 heavy (non-hydrogen) atoms. The Bertz CT molecular complexity index is 1550. The van der Waals surface area contributed by atoms with E-state index >= 15 is 0 Å². The fourth-order valence-corrected chi connectivity index (χ4v) is 5.99. The molecule has 3 aliphatic heterocycles. The van der Waals surface area contributed by atoms with Crippen molar-refractivity contribution in [2.75, 3.05) is 4.90 Å². The number of Topliss-reactive ketones (excluding diaryl/α,β-unsaturated/α-hetero) is 1. The Morgan fingerprint density at radius 1 is 0.800 bits per heavy atom. The normalized spacial score (nSPS) is 24.6. The van der Waals surface area contributed by atoms with Crippen LogP contribution in [0.1, 0.15) is 27.7 Å². The predicted molar refractivity (Wildman–Crippen MR) is 130 cm³/mol. The molecule has 4 aromatic rings. The van der Waals surface area contributed by atoms with Gasteiger partial charge in [0, 0.05) is 6.20 Å². The van der Waals surface area contributed by atoms with E-state index in [1.165, 1.54) is 11.2 Å². The van der Waals surface area contributed by atoms with Crippen molar-refractivity contribution in [3.63, 3.8) is 0 Å². The molecule has 2 amide bonds. The summed E-state index contributed by atoms with van der Waals surface area (Å²) >= 11 is 0. The van der Waals surface area contributed by atoms with E-state index in [1.54, 1.807) is 18.2 Å². The third-order valence-electron chi connectivity index (χ3n) is 7.49. The number of hydrogen-bond acceptors (Lipinski definition) is 5. The Kier molecular flexibility index (Phi) is 4.15. The highest BCUT2D eigenvalue weighted by Gasteiger charge is 2.64. The third-order valence-corrected chi connectivity index (χ3v) is 7.49. The van der Waals surface area contributed by atoms with Crippen LogP contribution in [0.2, 0.25) is 0 Å². The minimum atomic E-state index is -0.831. The minimum Gasteiger partial charge on any atom is -0.461 e. The highest BCUT2D eigenvalue weighted by atomic mass is 16.3. The van der Waals surface area contributed by atoms with Gasteiger partial charge >= 0.3 is 0 Å². The molecule has 0 saturated carbocycles. The van der Waals surface area contributed by atoms with E-state index in [9.17, 15) is 14.4 Å². The van der Waals surface area contributed by atoms with E-state index in [-0.39, 0.29) is 23.4 Å². The number of rotatable bonds is 3. The number of furan rings is 1. The van der Waals surface area contributed by atoms with Crippen LogP contribution < -0.4 is 4.90 Å². The SMILES string of the molecule is O=C(c1ccco1)[C@@H]1[C@@H]2C(=O)N(c3ccc4ccccc4c3)C(=O)[C@@H]2[C@@H]2c3ccccc3C=CN12. The van der Waals surface area contributed by atoms with E-state index in [2.05, 4.69) is 0 Å². The van der Waals surface area contributed by atoms with Crippen LogP contribution in [0, 0.1) is 11.8 Å². The monoisotopic (exact) mass is 460 g/mol. The zero-order valence-corrected chi connectivity index (χ0v) is 18.6. The van der Waals surface area contributed by atoms with Gasteiger partial charge in [-0.2, -0.15) is 0 Å². The van der Waals surface area contributed by atoms with Crippen LogP contribution in [0.25, 0.3) is 16.8 Å². The van der Waals surface area contributed by atoms with Gasteiger partial charge in [-0.25, -0.2) is 4.90 Å². The quantitative estimate of drug-likeness (QED) is 0.324. The first-order chi connectivity index (χ1) is 17.1. The van der Waals surface area contributed by atoms with Crippen molar-refractivity contribution in [3.8, 4) is 0 Å². The van der Waals surface area contributed by atoms with Gasteiger partial charge in [-0.3, -0.25) is 14.4 Å². The second-order valence-corrected chi connectivity index (χ2v) is 9.22. The van der Waals surface area contributed by atoms with Crippen LogP contribution in [0.5, 0.6) is 0 Å². The van der Waals surface area contributed by atoms with Gasteiger partial charge in [0.1, 0.15) is 6.04 Å². The molecule has 3 aliphatic rings. The number of carbonyl (C=O) groups is 3. The number of amides is 2. The molecule has 3 aromatic carbocycles. The lowest BCUT2D eigenvalue weighted by Crippen LogP contribution is -2.44. The molecule has 2 saturated heterocycles. The van der Waals surface area contributed by atoms with Crippen molar-refractivity contribution >= 4 is 40.1 Å². The molecule has 4 heterocycles. The lowest BCUT2D eigenvalue weighted by atomic mass is 9.84. The van der Waals surface area contributed by atoms with Crippen molar-refractivity contribution in [3.05, 3.63) is 108 Å². The first-order valence-corrected chi connectivity index (χ1v) is 11.6. The largest absolute Gasteiger partial charge is 0.461 e. The first-order valence-electron chi connectivity index (χ1n) is 11.6. The molecule has 7 rings (SSSR count). The summed E-state index contributed by atoms with van der Waals surface area (Å²) in [6.45, 7) is 0. The molecule has 0 spiro atoms. The molecule has 4 atom stereocenters. The summed E-state index contributed by atoms with van der Waals surface area (Å²) < 4.78 is 5.42. The average Bonchev–Trinajstić information content (AvgIpc) is 3.60. The van der Waals surface area contributed by atoms with Gasteiger partial charge in [0.25, 0.3) is 0 Å². The predicted octanol–water partition coefficient (Wildman–Crippen LogP) is 4.83. The number of anilines is 1. The lowest BCUT2D eigenvalue weighted by Gasteiger charge is -2.35. The Balaban J connectivity index is 1.38. The van der Waals surface area contributed by atoms with Crippen molar-refractivity contribution in [1.82, 2.24) is 4.90 Å². The van der Waals surface area contributed by atoms with Crippen molar-refractivity contribution in [2.45, 2.75) is 12.1 Å². The van der Waals surface area contributed by atoms with E-state index in [0.29, 0.717) is 5.69 Å². The van der Waals surface area contributed by atoms with Gasteiger partial charge in [-0.1, -0.05) is 54.6 Å². The standard InChI is InChI=1S/C29H20N2O4/c32-27(22-10-5-15-35-22)26-24-23(25-21-9-4-3-7-18(21)13-14-30(25)26)28(33)31(29(24)34)20-12-11-17-6-1-2-8-19(17)16-20/h1-16,23-26H/t23-,24+,25-,26-/m0/s1. The highest BCUT2D eigenvalue weighted by molar-refractivity contribution is 6.25. The molecule has 0 N–H and O–H groups in total. The van der Waals surface area contributed by atoms with Crippen LogP contribution in [0.3, 0.4) is 0 Å². The summed E-state index contributed by atoms with van der Waals surface area (Å²) in [5.74, 6) is -2.22. The molecule has 0 bridgehead atoms. The Morgan fingerprint density at radius 2 is 1.57 bits per heavy atom. The van der Waals surface area contributed by atoms with Gasteiger partial charge in [0.15, 0.2) is 5.76 Å². The Labute approximate surface area is 201 Å². The topological polar surface area (TPSA) is 70.8 Å². The molecule has 6 heteroatoms. The summed E-state index contributed by atoms with van der Waals surface area (Å²) in [6, 6.07) is 23.3. The molecule has 6 nitrogen and oxygen atoms in total. The Hall–Kier alpha value is -4.45. The number of ketones is 1. The summed E-state index contributed by atoms with van der Waals surface area (Å²) in [6.07, 6.45) is 5.23. The second-order valence-electron chi connectivity index (χ2n) is 9.22. The van der Waals surface area contributed by atoms with Crippen LogP contribution in [0.15, 0.2) is 95.7 Å². The van der Waals surface area contributed by atoms with E-state index in [1.807, 2.05) is 77.8 Å². The number of carbonyl (C=O) groups excluding carboxylic acids is 3. The van der Waals surface area contributed by atoms with Crippen molar-refractivity contribution in [2.24, 2.45) is 11.8 Å². The number of fused-ring (bicyclic) bond motifs is 6. The number of imide groups is 1. The number of nitrogens with zero attached hydrogens (tertiary/aromatic N) is 2. The minimum absolute atomic E-state index is 0.186. The van der Waals surface area contributed by atoms with Crippen molar-refractivity contribution in [1.29, 1.82) is 0 Å². The summed E-state index contributed by atoms with van der Waals surface area (Å²) in [4.78, 5) is 44.7. The van der Waals surface area contributed by atoms with E-state index in [4.69, 9.17) is 4.42 Å². The smallest absolute Gasteiger partial charge is 0.240 e. The van der Waals surface area contributed by atoms with Crippen LogP contribution in [-0.2, 0) is 9.59 Å². The third kappa shape index (κ3) is 2.74. The maximum atomic E-state index is 14.0. The Morgan fingerprint density at radius 3 is 2.40 bits per heavy atom. The summed E-state index contributed by atoms with van der Waals surface area (Å²) in [5.41, 5.74) is 2.47. The fourth-order valence-electron chi connectivity index (χ4n) is 5.99. The second kappa shape index (κ2) is 7.27. The average molecular weight is 460 g/mol. The molecule has 0 radical (unpaired) electrons. The zero-order chi connectivity index (χ0) is 23.7. The number of hydrogen-bond donors (Lipinski definition) is 0. The van der Waals surface area contributed by atoms with Crippen LogP contribution >= 0.6 is 0 Å². The summed E-state index contributed by atoms with van der Waals surface area (Å²) in [7, 11) is 0. The maximum absolute atomic E-state index is 14.0. The van der Waals surface area contributed by atoms with Crippen LogP contribution in [-0.4, -0.2) is 28.5 Å². The lowest BCUT2D eigenvalue weighted by molar-refractivity contribution is -0.123. The van der Waals surface area contributed by atoms with E-state index in [0.717, 1.165) is 21.9 Å².